The molecule has 2 aliphatic rings. The zero-order valence-electron chi connectivity index (χ0n) is 30.6. The maximum absolute atomic E-state index is 14.5. The van der Waals surface area contributed by atoms with Crippen molar-refractivity contribution in [3.63, 3.8) is 0 Å². The second-order valence-electron chi connectivity index (χ2n) is 13.7. The van der Waals surface area contributed by atoms with E-state index >= 15 is 0 Å². The van der Waals surface area contributed by atoms with Gasteiger partial charge in [-0.25, -0.2) is 14.6 Å². The molecule has 0 saturated carbocycles. The Bertz CT molecular complexity index is 2250. The van der Waals surface area contributed by atoms with E-state index < -0.39 is 18.2 Å². The standard InChI is InChI=1S/C42H41N7O5S/c1-28(2)49(42(53)44-23-31-10-5-3-6-11-31)47-26-37(50)48-34(40(52)46(25-36(47)48)24-33-14-9-15-35-39(33)45-41(43)55-35)22-30-18-16-29(17-19-30)20-21-38(51)54-27-32-12-7-4-8-13-32/h3-19,28,34,36H,22-27H2,1-2H3,(H2,43,45)(H,44,53)/t34-,36+/m0/s1. The quantitative estimate of drug-likeness (QED) is 0.151. The number of hydrazine groups is 1. The number of carbonyl (C=O) groups excluding carboxylic acids is 4. The summed E-state index contributed by atoms with van der Waals surface area (Å²) in [7, 11) is 0. The summed E-state index contributed by atoms with van der Waals surface area (Å²) < 4.78 is 6.19. The second kappa shape index (κ2) is 16.4. The average Bonchev–Trinajstić information content (AvgIpc) is 3.73. The number of aromatic nitrogens is 1. The molecule has 4 amide bonds. The third-order valence-corrected chi connectivity index (χ3v) is 10.5. The minimum Gasteiger partial charge on any atom is -0.451 e. The number of ether oxygens (including phenoxy) is 1. The summed E-state index contributed by atoms with van der Waals surface area (Å²) in [6, 6.07) is 30.6. The predicted octanol–water partition coefficient (Wildman–Crippen LogP) is 4.93. The monoisotopic (exact) mass is 755 g/mol. The first kappa shape index (κ1) is 37.1. The van der Waals surface area contributed by atoms with Crippen molar-refractivity contribution in [3.8, 4) is 11.8 Å². The van der Waals surface area contributed by atoms with E-state index in [0.717, 1.165) is 32.5 Å². The van der Waals surface area contributed by atoms with Gasteiger partial charge in [0, 0.05) is 37.0 Å². The van der Waals surface area contributed by atoms with Crippen LogP contribution in [0.3, 0.4) is 0 Å². The van der Waals surface area contributed by atoms with Gasteiger partial charge in [-0.2, -0.15) is 5.01 Å². The molecule has 2 fully saturated rings. The molecule has 7 rings (SSSR count). The Kier molecular flexibility index (Phi) is 11.1. The maximum atomic E-state index is 14.5. The van der Waals surface area contributed by atoms with Crippen molar-refractivity contribution in [3.05, 3.63) is 131 Å². The van der Waals surface area contributed by atoms with Crippen LogP contribution in [0.25, 0.3) is 10.2 Å². The van der Waals surface area contributed by atoms with Gasteiger partial charge in [0.15, 0.2) is 5.13 Å². The van der Waals surface area contributed by atoms with Crippen LogP contribution in [0.2, 0.25) is 0 Å². The van der Waals surface area contributed by atoms with Gasteiger partial charge in [-0.1, -0.05) is 102 Å². The number of hydrogen-bond donors (Lipinski definition) is 2. The molecule has 12 nitrogen and oxygen atoms in total. The lowest BCUT2D eigenvalue weighted by molar-refractivity contribution is -0.158. The molecule has 0 unspecified atom stereocenters. The first-order valence-corrected chi connectivity index (χ1v) is 18.9. The van der Waals surface area contributed by atoms with Crippen LogP contribution in [0.1, 0.15) is 41.7 Å². The van der Waals surface area contributed by atoms with Crippen molar-refractivity contribution in [1.82, 2.24) is 30.1 Å². The number of thiazole rings is 1. The summed E-state index contributed by atoms with van der Waals surface area (Å²) in [4.78, 5) is 62.5. The Labute approximate surface area is 323 Å². The van der Waals surface area contributed by atoms with Gasteiger partial charge in [0.05, 0.1) is 23.3 Å². The van der Waals surface area contributed by atoms with E-state index in [4.69, 9.17) is 10.5 Å². The number of piperazine rings is 1. The minimum atomic E-state index is -0.845. The van der Waals surface area contributed by atoms with Crippen LogP contribution in [-0.4, -0.2) is 80.0 Å². The zero-order valence-corrected chi connectivity index (χ0v) is 31.4. The summed E-state index contributed by atoms with van der Waals surface area (Å²) in [5.41, 5.74) is 10.9. The number of nitrogens with one attached hydrogen (secondary N) is 1. The third-order valence-electron chi connectivity index (χ3n) is 9.61. The molecule has 5 aromatic rings. The van der Waals surface area contributed by atoms with Gasteiger partial charge in [-0.15, -0.1) is 0 Å². The fourth-order valence-electron chi connectivity index (χ4n) is 7.05. The average molecular weight is 756 g/mol. The molecule has 280 valence electrons. The number of fused-ring (bicyclic) bond motifs is 2. The number of anilines is 1. The highest BCUT2D eigenvalue weighted by Crippen LogP contribution is 2.33. The van der Waals surface area contributed by atoms with Crippen molar-refractivity contribution in [2.45, 2.75) is 58.2 Å². The molecule has 0 bridgehead atoms. The smallest absolute Gasteiger partial charge is 0.385 e. The van der Waals surface area contributed by atoms with Crippen LogP contribution in [0.15, 0.2) is 103 Å². The normalized spacial score (nSPS) is 16.9. The molecule has 0 aliphatic carbocycles. The molecular formula is C42H41N7O5S. The lowest BCUT2D eigenvalue weighted by Crippen LogP contribution is -2.66. The highest BCUT2D eigenvalue weighted by Gasteiger charge is 2.52. The number of benzene rings is 4. The molecule has 3 N–H and O–H groups in total. The van der Waals surface area contributed by atoms with E-state index in [1.807, 2.05) is 105 Å². The molecule has 1 aromatic heterocycles. The fourth-order valence-corrected chi connectivity index (χ4v) is 7.83. The van der Waals surface area contributed by atoms with Gasteiger partial charge < -0.3 is 25.6 Å². The lowest BCUT2D eigenvalue weighted by atomic mass is 9.99. The Balaban J connectivity index is 1.13. The number of nitrogens with zero attached hydrogens (tertiary/aromatic N) is 5. The molecule has 3 heterocycles. The van der Waals surface area contributed by atoms with Gasteiger partial charge in [-0.05, 0) is 54.3 Å². The molecular weight excluding hydrogens is 715 g/mol. The van der Waals surface area contributed by atoms with E-state index in [0.29, 0.717) is 17.2 Å². The first-order valence-electron chi connectivity index (χ1n) is 18.1. The van der Waals surface area contributed by atoms with Crippen LogP contribution in [0, 0.1) is 11.8 Å². The van der Waals surface area contributed by atoms with Crippen LogP contribution in [-0.2, 0) is 45.2 Å². The largest absolute Gasteiger partial charge is 0.451 e. The van der Waals surface area contributed by atoms with E-state index in [2.05, 4.69) is 22.1 Å². The van der Waals surface area contributed by atoms with E-state index in [1.165, 1.54) is 11.3 Å². The predicted molar refractivity (Wildman–Crippen MR) is 209 cm³/mol. The van der Waals surface area contributed by atoms with Crippen molar-refractivity contribution in [2.75, 3.05) is 18.8 Å². The van der Waals surface area contributed by atoms with Crippen LogP contribution in [0.5, 0.6) is 0 Å². The van der Waals surface area contributed by atoms with E-state index in [-0.39, 0.29) is 56.5 Å². The first-order chi connectivity index (χ1) is 26.6. The third kappa shape index (κ3) is 8.46. The highest BCUT2D eigenvalue weighted by molar-refractivity contribution is 7.22. The summed E-state index contributed by atoms with van der Waals surface area (Å²) in [5.74, 6) is 4.29. The topological polar surface area (TPSA) is 141 Å². The number of hydrogen-bond acceptors (Lipinski definition) is 9. The molecule has 2 aliphatic heterocycles. The molecule has 2 atom stereocenters. The zero-order chi connectivity index (χ0) is 38.5. The van der Waals surface area contributed by atoms with Gasteiger partial charge in [0.1, 0.15) is 18.8 Å². The number of nitrogen functional groups attached to an aromatic ring is 1. The van der Waals surface area contributed by atoms with Crippen LogP contribution < -0.4 is 11.1 Å². The summed E-state index contributed by atoms with van der Waals surface area (Å²) in [5, 5.41) is 6.84. The SMILES string of the molecule is CC(C)N(C(=O)NCc1ccccc1)N1CC(=O)N2[C@@H](Cc3ccc(C#CC(=O)OCc4ccccc4)cc3)C(=O)N(Cc3cccc4sc(N)nc34)C[C@@H]21. The number of urea groups is 1. The fraction of sp³-hybridized carbons (Fsp3) is 0.262. The molecule has 0 spiro atoms. The van der Waals surface area contributed by atoms with E-state index in [1.54, 1.807) is 32.0 Å². The number of amides is 4. The van der Waals surface area contributed by atoms with Crippen molar-refractivity contribution >= 4 is 50.5 Å². The second-order valence-corrected chi connectivity index (χ2v) is 14.8. The van der Waals surface area contributed by atoms with Crippen LogP contribution >= 0.6 is 11.3 Å². The molecule has 0 radical (unpaired) electrons. The van der Waals surface area contributed by atoms with Gasteiger partial charge in [0.25, 0.3) is 0 Å². The molecule has 2 saturated heterocycles. The van der Waals surface area contributed by atoms with Gasteiger partial charge in [0.2, 0.25) is 11.8 Å². The summed E-state index contributed by atoms with van der Waals surface area (Å²) >= 11 is 1.38. The van der Waals surface area contributed by atoms with Crippen molar-refractivity contribution < 1.29 is 23.9 Å². The minimum absolute atomic E-state index is 0.0632. The molecule has 55 heavy (non-hydrogen) atoms. The summed E-state index contributed by atoms with van der Waals surface area (Å²) in [6.07, 6.45) is -0.375. The highest BCUT2D eigenvalue weighted by atomic mass is 32.1. The Morgan fingerprint density at radius 3 is 2.36 bits per heavy atom. The summed E-state index contributed by atoms with van der Waals surface area (Å²) in [6.45, 7) is 4.63. The van der Waals surface area contributed by atoms with E-state index in [9.17, 15) is 19.2 Å². The lowest BCUT2D eigenvalue weighted by Gasteiger charge is -2.47. The van der Waals surface area contributed by atoms with Crippen molar-refractivity contribution in [2.24, 2.45) is 0 Å². The van der Waals surface area contributed by atoms with Crippen molar-refractivity contribution in [1.29, 1.82) is 0 Å². The number of esters is 1. The number of rotatable bonds is 10. The molecule has 4 aromatic carbocycles. The Hall–Kier alpha value is -6.23. The number of para-hydroxylation sites is 1. The number of carbonyl (C=O) groups is 4. The number of nitrogens with two attached hydrogens (primary N) is 1. The Morgan fingerprint density at radius 1 is 0.945 bits per heavy atom. The van der Waals surface area contributed by atoms with Crippen LogP contribution in [0.4, 0.5) is 9.93 Å². The Morgan fingerprint density at radius 2 is 1.65 bits per heavy atom. The molecule has 13 heteroatoms. The van der Waals surface area contributed by atoms with Gasteiger partial charge >= 0.3 is 12.0 Å². The van der Waals surface area contributed by atoms with Gasteiger partial charge in [-0.3, -0.25) is 14.6 Å². The maximum Gasteiger partial charge on any atom is 0.385 e.